The number of ether oxygens (including phenoxy) is 2. The van der Waals surface area contributed by atoms with E-state index in [1.807, 2.05) is 11.0 Å². The number of aromatic nitrogens is 3. The van der Waals surface area contributed by atoms with Crippen LogP contribution in [0.5, 0.6) is 0 Å². The number of rotatable bonds is 18. The molecule has 6 N–H and O–H groups in total. The lowest BCUT2D eigenvalue weighted by Crippen LogP contribution is -2.60. The average Bonchev–Trinajstić information content (AvgIpc) is 3.78. The van der Waals surface area contributed by atoms with E-state index in [4.69, 9.17) is 15.2 Å². The summed E-state index contributed by atoms with van der Waals surface area (Å²) in [4.78, 5) is 81.9. The molecule has 2 saturated carbocycles. The van der Waals surface area contributed by atoms with Crippen LogP contribution >= 0.6 is 0 Å². The van der Waals surface area contributed by atoms with Gasteiger partial charge in [-0.1, -0.05) is 6.07 Å². The summed E-state index contributed by atoms with van der Waals surface area (Å²) in [6.45, 7) is 7.61. The lowest BCUT2D eigenvalue weighted by Gasteiger charge is -2.43. The summed E-state index contributed by atoms with van der Waals surface area (Å²) in [5, 5.41) is 13.4. The molecule has 2 saturated heterocycles. The van der Waals surface area contributed by atoms with Crippen molar-refractivity contribution in [3.05, 3.63) is 60.2 Å². The first-order valence-electron chi connectivity index (χ1n) is 23.7. The smallest absolute Gasteiger partial charge is 0.379 e. The third-order valence-corrected chi connectivity index (χ3v) is 14.1. The molecule has 68 heavy (non-hydrogen) atoms. The molecule has 1 aromatic carbocycles. The highest BCUT2D eigenvalue weighted by Crippen LogP contribution is 2.46. The second kappa shape index (κ2) is 21.4. The van der Waals surface area contributed by atoms with E-state index in [2.05, 4.69) is 57.0 Å². The van der Waals surface area contributed by atoms with Crippen molar-refractivity contribution in [1.29, 1.82) is 0 Å². The molecule has 20 heteroatoms. The number of amides is 5. The van der Waals surface area contributed by atoms with Crippen LogP contribution in [0.25, 0.3) is 10.9 Å². The van der Waals surface area contributed by atoms with Gasteiger partial charge in [0.2, 0.25) is 29.5 Å². The van der Waals surface area contributed by atoms with Crippen molar-refractivity contribution in [2.24, 2.45) is 17.6 Å². The number of anilines is 1. The molecule has 6 atom stereocenters. The number of carbonyl (C=O) groups is 5. The Labute approximate surface area is 394 Å². The maximum Gasteiger partial charge on any atom is 0.416 e. The Hall–Kier alpha value is -5.47. The molecule has 2 aliphatic heterocycles. The maximum absolute atomic E-state index is 14.1. The van der Waals surface area contributed by atoms with E-state index < -0.39 is 35.1 Å². The van der Waals surface area contributed by atoms with Gasteiger partial charge in [-0.15, -0.1) is 0 Å². The SMILES string of the molecule is CN1C(=O)C[C@H](C(N)=O)[C@@]1(CCOCCOCCC(=O)NC1CCC(C(=O)N[C@@H]2C[C@H](NC(C)(C)C)CC[C@@H]2N2CC[C@H](Nc3ncnc4ccc(C(F)(F)F)cc34)C2=O)CC1)c1cccnc1. The number of primary amides is 1. The molecule has 3 aromatic rings. The number of nitrogens with one attached hydrogen (secondary N) is 4. The quantitative estimate of drug-likeness (QED) is 0.113. The molecule has 4 heterocycles. The highest BCUT2D eigenvalue weighted by atomic mass is 19.4. The Bertz CT molecular complexity index is 2280. The fourth-order valence-electron chi connectivity index (χ4n) is 10.7. The molecule has 0 bridgehead atoms. The highest BCUT2D eigenvalue weighted by molar-refractivity contribution is 5.94. The lowest BCUT2D eigenvalue weighted by atomic mass is 9.76. The van der Waals surface area contributed by atoms with Gasteiger partial charge in [-0.3, -0.25) is 29.0 Å². The van der Waals surface area contributed by atoms with Crippen LogP contribution in [0.3, 0.4) is 0 Å². The maximum atomic E-state index is 14.1. The minimum Gasteiger partial charge on any atom is -0.379 e. The number of benzene rings is 1. The van der Waals surface area contributed by atoms with E-state index in [9.17, 15) is 37.1 Å². The van der Waals surface area contributed by atoms with Crippen LogP contribution in [-0.4, -0.2) is 130 Å². The lowest BCUT2D eigenvalue weighted by molar-refractivity contribution is -0.137. The van der Waals surface area contributed by atoms with Crippen molar-refractivity contribution in [3.8, 4) is 0 Å². The minimum atomic E-state index is -4.55. The second-order valence-corrected chi connectivity index (χ2v) is 19.7. The molecule has 370 valence electrons. The van der Waals surface area contributed by atoms with Crippen LogP contribution in [0, 0.1) is 11.8 Å². The number of fused-ring (bicyclic) bond motifs is 1. The van der Waals surface area contributed by atoms with Gasteiger partial charge in [0.1, 0.15) is 18.2 Å². The largest absolute Gasteiger partial charge is 0.416 e. The topological polar surface area (TPSA) is 223 Å². The van der Waals surface area contributed by atoms with E-state index in [1.165, 1.54) is 12.4 Å². The van der Waals surface area contributed by atoms with Crippen molar-refractivity contribution in [2.45, 2.75) is 139 Å². The summed E-state index contributed by atoms with van der Waals surface area (Å²) < 4.78 is 52.3. The summed E-state index contributed by atoms with van der Waals surface area (Å²) in [5.74, 6) is -1.97. The number of nitrogens with zero attached hydrogens (tertiary/aromatic N) is 5. The molecule has 2 aliphatic carbocycles. The third kappa shape index (κ3) is 11.9. The summed E-state index contributed by atoms with van der Waals surface area (Å²) in [5.41, 5.74) is 4.83. The van der Waals surface area contributed by atoms with Crippen molar-refractivity contribution in [2.75, 3.05) is 45.3 Å². The molecule has 5 amide bonds. The molecular weight excluding hydrogens is 886 g/mol. The Morgan fingerprint density at radius 1 is 0.912 bits per heavy atom. The Balaban J connectivity index is 0.851. The van der Waals surface area contributed by atoms with Gasteiger partial charge >= 0.3 is 6.18 Å². The van der Waals surface area contributed by atoms with E-state index in [0.29, 0.717) is 69.0 Å². The molecule has 4 fully saturated rings. The van der Waals surface area contributed by atoms with E-state index in [1.54, 1.807) is 30.4 Å². The zero-order valence-corrected chi connectivity index (χ0v) is 39.3. The molecule has 4 aliphatic rings. The monoisotopic (exact) mass is 950 g/mol. The Kier molecular flexibility index (Phi) is 15.9. The second-order valence-electron chi connectivity index (χ2n) is 19.7. The van der Waals surface area contributed by atoms with E-state index in [0.717, 1.165) is 18.6 Å². The average molecular weight is 951 g/mol. The van der Waals surface area contributed by atoms with Crippen LogP contribution < -0.4 is 27.0 Å². The zero-order valence-electron chi connectivity index (χ0n) is 39.3. The standard InChI is InChI=1S/C48H65F3N10O7/c1-46(2,3)59-33-12-14-39(61-19-15-37(45(61)66)57-43-34-24-30(48(49,50)51)9-13-36(34)54-28-55-43)38(25-33)58-44(65)29-7-10-32(11-8-29)56-40(62)16-20-67-22-23-68-21-17-47(31-6-5-18-53-27-31)35(42(52)64)26-41(63)60(47)4/h5-6,9,13,18,24,27-29,32-33,35,37-39,59H,7-8,10-12,14-17,19-23,25-26H2,1-4H3,(H2,52,64)(H,56,62)(H,58,65)(H,54,55,57)/t29?,32?,33-,35-,37+,38-,39+,47-/m1/s1. The van der Waals surface area contributed by atoms with Crippen LogP contribution in [0.4, 0.5) is 19.0 Å². The molecule has 2 aromatic heterocycles. The molecule has 17 nitrogen and oxygen atoms in total. The minimum absolute atomic E-state index is 0.0161. The van der Waals surface area contributed by atoms with Crippen molar-refractivity contribution in [1.82, 2.24) is 40.7 Å². The van der Waals surface area contributed by atoms with Crippen LogP contribution in [0.1, 0.15) is 103 Å². The summed E-state index contributed by atoms with van der Waals surface area (Å²) in [6, 6.07) is 5.57. The molecule has 7 rings (SSSR count). The number of likely N-dealkylation sites (tertiary alicyclic amines) is 2. The molecule has 0 spiro atoms. The number of nitrogens with two attached hydrogens (primary N) is 1. The Morgan fingerprint density at radius 3 is 2.34 bits per heavy atom. The molecule has 0 radical (unpaired) electrons. The molecule has 0 unspecified atom stereocenters. The first-order valence-corrected chi connectivity index (χ1v) is 23.7. The van der Waals surface area contributed by atoms with Gasteiger partial charge in [0.25, 0.3) is 0 Å². The highest BCUT2D eigenvalue weighted by Gasteiger charge is 2.54. The Morgan fingerprint density at radius 2 is 1.65 bits per heavy atom. The number of halogens is 3. The van der Waals surface area contributed by atoms with Crippen LogP contribution in [0.2, 0.25) is 0 Å². The van der Waals surface area contributed by atoms with Crippen LogP contribution in [0.15, 0.2) is 49.1 Å². The fourth-order valence-corrected chi connectivity index (χ4v) is 10.7. The van der Waals surface area contributed by atoms with Gasteiger partial charge < -0.3 is 46.3 Å². The summed E-state index contributed by atoms with van der Waals surface area (Å²) in [7, 11) is 1.66. The van der Waals surface area contributed by atoms with Gasteiger partial charge in [0, 0.05) is 74.4 Å². The zero-order chi connectivity index (χ0) is 48.8. The number of carbonyl (C=O) groups excluding carboxylic acids is 5. The van der Waals surface area contributed by atoms with Gasteiger partial charge in [-0.05, 0) is 108 Å². The predicted molar refractivity (Wildman–Crippen MR) is 245 cm³/mol. The van der Waals surface area contributed by atoms with Crippen molar-refractivity contribution in [3.63, 3.8) is 0 Å². The van der Waals surface area contributed by atoms with Gasteiger partial charge in [0.15, 0.2) is 0 Å². The van der Waals surface area contributed by atoms with E-state index in [-0.39, 0.29) is 110 Å². The van der Waals surface area contributed by atoms with Gasteiger partial charge in [-0.25, -0.2) is 9.97 Å². The normalized spacial score (nSPS) is 26.8. The van der Waals surface area contributed by atoms with Crippen molar-refractivity contribution >= 4 is 46.3 Å². The summed E-state index contributed by atoms with van der Waals surface area (Å²) in [6.07, 6.45) is 5.44. The third-order valence-electron chi connectivity index (χ3n) is 14.1. The first-order chi connectivity index (χ1) is 32.3. The number of alkyl halides is 3. The van der Waals surface area contributed by atoms with Crippen molar-refractivity contribution < 1.29 is 46.6 Å². The van der Waals surface area contributed by atoms with Gasteiger partial charge in [-0.2, -0.15) is 13.2 Å². The van der Waals surface area contributed by atoms with E-state index >= 15 is 0 Å². The summed E-state index contributed by atoms with van der Waals surface area (Å²) >= 11 is 0. The van der Waals surface area contributed by atoms with Gasteiger partial charge in [0.05, 0.1) is 54.4 Å². The predicted octanol–water partition coefficient (Wildman–Crippen LogP) is 4.20. The molecular formula is C48H65F3N10O7. The number of hydrogen-bond acceptors (Lipinski definition) is 12. The van der Waals surface area contributed by atoms with Crippen LogP contribution in [-0.2, 0) is 45.2 Å². The number of hydrogen-bond donors (Lipinski definition) is 5. The first kappa shape index (κ1) is 50.4. The number of pyridine rings is 1. The fraction of sp³-hybridized carbons (Fsp3) is 0.625.